The van der Waals surface area contributed by atoms with Gasteiger partial charge in [0.25, 0.3) is 0 Å². The fourth-order valence-electron chi connectivity index (χ4n) is 1.91. The summed E-state index contributed by atoms with van der Waals surface area (Å²) in [5, 5.41) is 0. The second-order valence-electron chi connectivity index (χ2n) is 3.88. The molecule has 1 aromatic carbocycles. The predicted octanol–water partition coefficient (Wildman–Crippen LogP) is 4.04. The van der Waals surface area contributed by atoms with E-state index < -0.39 is 0 Å². The SMILES string of the molecule is INC1C(I)=CC=CC1Cc1ccccc1. The molecule has 1 nitrogen and oxygen atoms in total. The van der Waals surface area contributed by atoms with Crippen LogP contribution in [0.15, 0.2) is 52.1 Å². The number of hydrogen-bond acceptors (Lipinski definition) is 1. The van der Waals surface area contributed by atoms with Gasteiger partial charge in [0.1, 0.15) is 0 Å². The van der Waals surface area contributed by atoms with Crippen molar-refractivity contribution in [2.45, 2.75) is 12.5 Å². The second-order valence-corrected chi connectivity index (χ2v) is 5.75. The molecule has 0 amide bonds. The van der Waals surface area contributed by atoms with Crippen LogP contribution < -0.4 is 3.53 Å². The Kier molecular flexibility index (Phi) is 4.84. The third-order valence-electron chi connectivity index (χ3n) is 2.77. The highest BCUT2D eigenvalue weighted by Crippen LogP contribution is 2.27. The van der Waals surface area contributed by atoms with Gasteiger partial charge in [-0.25, -0.2) is 0 Å². The monoisotopic (exact) mass is 437 g/mol. The zero-order valence-electron chi connectivity index (χ0n) is 8.74. The summed E-state index contributed by atoms with van der Waals surface area (Å²) in [6.07, 6.45) is 7.74. The van der Waals surface area contributed by atoms with Crippen molar-refractivity contribution in [3.63, 3.8) is 0 Å². The quantitative estimate of drug-likeness (QED) is 0.557. The van der Waals surface area contributed by atoms with Crippen LogP contribution in [-0.4, -0.2) is 6.04 Å². The highest BCUT2D eigenvalue weighted by Gasteiger charge is 2.22. The first-order chi connectivity index (χ1) is 7.81. The smallest absolute Gasteiger partial charge is 0.0536 e. The van der Waals surface area contributed by atoms with E-state index in [-0.39, 0.29) is 0 Å². The lowest BCUT2D eigenvalue weighted by molar-refractivity contribution is 0.549. The molecular formula is C13H13I2N. The first kappa shape index (κ1) is 12.6. The Bertz CT molecular complexity index is 398. The normalized spacial score (nSPS) is 24.2. The van der Waals surface area contributed by atoms with Gasteiger partial charge in [-0.2, -0.15) is 0 Å². The van der Waals surface area contributed by atoms with E-state index in [0.29, 0.717) is 12.0 Å². The molecule has 1 aliphatic rings. The Labute approximate surface area is 124 Å². The molecule has 0 aromatic heterocycles. The number of halogens is 2. The molecule has 3 heteroatoms. The van der Waals surface area contributed by atoms with Gasteiger partial charge in [-0.15, -0.1) is 0 Å². The summed E-state index contributed by atoms with van der Waals surface area (Å²) in [6.45, 7) is 0. The largest absolute Gasteiger partial charge is 0.252 e. The topological polar surface area (TPSA) is 12.0 Å². The van der Waals surface area contributed by atoms with Gasteiger partial charge in [0.05, 0.1) is 6.04 Å². The van der Waals surface area contributed by atoms with Crippen LogP contribution in [0.3, 0.4) is 0 Å². The molecule has 0 bridgehead atoms. The van der Waals surface area contributed by atoms with E-state index in [1.54, 1.807) is 0 Å². The van der Waals surface area contributed by atoms with Crippen LogP contribution in [0.5, 0.6) is 0 Å². The molecule has 0 saturated heterocycles. The molecule has 0 saturated carbocycles. The average molecular weight is 437 g/mol. The molecule has 0 fully saturated rings. The maximum absolute atomic E-state index is 3.37. The third-order valence-corrected chi connectivity index (χ3v) is 4.47. The fraction of sp³-hybridized carbons (Fsp3) is 0.231. The molecule has 0 radical (unpaired) electrons. The first-order valence-corrected chi connectivity index (χ1v) is 7.41. The van der Waals surface area contributed by atoms with Gasteiger partial charge in [-0.05, 0) is 34.6 Å². The Morgan fingerprint density at radius 2 is 1.94 bits per heavy atom. The molecule has 2 atom stereocenters. The van der Waals surface area contributed by atoms with Crippen LogP contribution in [0.25, 0.3) is 0 Å². The van der Waals surface area contributed by atoms with E-state index in [1.807, 2.05) is 0 Å². The molecule has 0 heterocycles. The number of benzene rings is 1. The summed E-state index contributed by atoms with van der Waals surface area (Å²) in [6, 6.07) is 11.1. The highest BCUT2D eigenvalue weighted by atomic mass is 127. The van der Waals surface area contributed by atoms with Crippen molar-refractivity contribution in [2.24, 2.45) is 5.92 Å². The minimum atomic E-state index is 0.450. The molecule has 1 aliphatic carbocycles. The Morgan fingerprint density at radius 3 is 2.62 bits per heavy atom. The molecule has 2 rings (SSSR count). The number of allylic oxidation sites excluding steroid dienone is 2. The van der Waals surface area contributed by atoms with Crippen LogP contribution >= 0.6 is 45.5 Å². The molecule has 1 N–H and O–H groups in total. The number of rotatable bonds is 3. The van der Waals surface area contributed by atoms with Crippen LogP contribution in [0, 0.1) is 5.92 Å². The van der Waals surface area contributed by atoms with Crippen LogP contribution in [-0.2, 0) is 6.42 Å². The van der Waals surface area contributed by atoms with Crippen molar-refractivity contribution >= 4 is 45.5 Å². The Morgan fingerprint density at radius 1 is 1.19 bits per heavy atom. The molecule has 1 aromatic rings. The summed E-state index contributed by atoms with van der Waals surface area (Å²) in [4.78, 5) is 0. The molecule has 2 unspecified atom stereocenters. The van der Waals surface area contributed by atoms with Gasteiger partial charge in [0.15, 0.2) is 0 Å². The van der Waals surface area contributed by atoms with E-state index in [2.05, 4.69) is 97.5 Å². The zero-order chi connectivity index (χ0) is 11.4. The maximum Gasteiger partial charge on any atom is 0.0536 e. The highest BCUT2D eigenvalue weighted by molar-refractivity contribution is 14.1. The Hall–Kier alpha value is 0.120. The molecule has 0 spiro atoms. The van der Waals surface area contributed by atoms with Crippen molar-refractivity contribution in [3.8, 4) is 0 Å². The van der Waals surface area contributed by atoms with Crippen molar-refractivity contribution < 1.29 is 0 Å². The summed E-state index contributed by atoms with van der Waals surface area (Å²) >= 11 is 4.67. The van der Waals surface area contributed by atoms with Gasteiger partial charge in [0.2, 0.25) is 0 Å². The zero-order valence-corrected chi connectivity index (χ0v) is 13.1. The lowest BCUT2D eigenvalue weighted by Gasteiger charge is -2.25. The van der Waals surface area contributed by atoms with Crippen LogP contribution in [0.4, 0.5) is 0 Å². The van der Waals surface area contributed by atoms with Crippen LogP contribution in [0.2, 0.25) is 0 Å². The van der Waals surface area contributed by atoms with Gasteiger partial charge >= 0.3 is 0 Å². The van der Waals surface area contributed by atoms with E-state index in [0.717, 1.165) is 6.42 Å². The van der Waals surface area contributed by atoms with E-state index in [4.69, 9.17) is 0 Å². The van der Waals surface area contributed by atoms with Crippen LogP contribution in [0.1, 0.15) is 5.56 Å². The maximum atomic E-state index is 3.37. The number of nitrogens with one attached hydrogen (secondary N) is 1. The predicted molar refractivity (Wildman–Crippen MR) is 85.8 cm³/mol. The third kappa shape index (κ3) is 3.07. The lowest BCUT2D eigenvalue weighted by atomic mass is 9.89. The van der Waals surface area contributed by atoms with Gasteiger partial charge < -0.3 is 0 Å². The van der Waals surface area contributed by atoms with Crippen molar-refractivity contribution in [3.05, 3.63) is 57.7 Å². The molecule has 16 heavy (non-hydrogen) atoms. The van der Waals surface area contributed by atoms with Gasteiger partial charge in [0, 0.05) is 32.4 Å². The van der Waals surface area contributed by atoms with Crippen molar-refractivity contribution in [2.75, 3.05) is 0 Å². The summed E-state index contributed by atoms with van der Waals surface area (Å²) in [5.74, 6) is 0.552. The van der Waals surface area contributed by atoms with Gasteiger partial charge in [-0.3, -0.25) is 3.53 Å². The molecule has 0 aliphatic heterocycles. The molecule has 84 valence electrons. The van der Waals surface area contributed by atoms with Crippen molar-refractivity contribution in [1.82, 2.24) is 3.53 Å². The lowest BCUT2D eigenvalue weighted by Crippen LogP contribution is -2.31. The summed E-state index contributed by atoms with van der Waals surface area (Å²) in [7, 11) is 0. The fourth-order valence-corrected chi connectivity index (χ4v) is 4.13. The van der Waals surface area contributed by atoms with Crippen molar-refractivity contribution in [1.29, 1.82) is 0 Å². The Balaban J connectivity index is 2.10. The van der Waals surface area contributed by atoms with Gasteiger partial charge in [-0.1, -0.05) is 48.6 Å². The van der Waals surface area contributed by atoms with E-state index in [1.165, 1.54) is 9.14 Å². The molecular weight excluding hydrogens is 424 g/mol. The summed E-state index contributed by atoms with van der Waals surface area (Å²) in [5.41, 5.74) is 1.40. The second kappa shape index (κ2) is 6.16. The number of hydrogen-bond donors (Lipinski definition) is 1. The minimum Gasteiger partial charge on any atom is -0.252 e. The summed E-state index contributed by atoms with van der Waals surface area (Å²) < 4.78 is 4.75. The minimum absolute atomic E-state index is 0.450. The standard InChI is InChI=1S/C13H13I2N/c14-12-8-4-7-11(13(12)16-15)9-10-5-2-1-3-6-10/h1-8,11,13,16H,9H2. The van der Waals surface area contributed by atoms with E-state index >= 15 is 0 Å². The van der Waals surface area contributed by atoms with E-state index in [9.17, 15) is 0 Å². The average Bonchev–Trinajstić information content (AvgIpc) is 2.31. The first-order valence-electron chi connectivity index (χ1n) is 5.25.